The van der Waals surface area contributed by atoms with Crippen molar-refractivity contribution in [2.45, 2.75) is 44.7 Å². The van der Waals surface area contributed by atoms with E-state index in [1.54, 1.807) is 12.1 Å². The Morgan fingerprint density at radius 3 is 2.44 bits per heavy atom. The number of halogens is 1. The lowest BCUT2D eigenvalue weighted by molar-refractivity contribution is 0.171. The maximum atomic E-state index is 13.9. The zero-order valence-corrected chi connectivity index (χ0v) is 11.9. The molecule has 0 heterocycles. The first-order chi connectivity index (χ1) is 8.41. The zero-order valence-electron chi connectivity index (χ0n) is 11.9. The summed E-state index contributed by atoms with van der Waals surface area (Å²) in [5.74, 6) is -0.217. The molecule has 102 valence electrons. The van der Waals surface area contributed by atoms with Gasteiger partial charge in [0.15, 0.2) is 0 Å². The van der Waals surface area contributed by atoms with Crippen molar-refractivity contribution < 1.29 is 4.39 Å². The highest BCUT2D eigenvalue weighted by atomic mass is 19.1. The standard InChI is InChI=1S/C15H25FN2/c1-5-6-11-14(18(3)4)15(2,17)12-9-7-8-10-13(12)16/h7-10,14H,5-6,11,17H2,1-4H3. The topological polar surface area (TPSA) is 29.3 Å². The Hall–Kier alpha value is -0.930. The minimum atomic E-state index is -0.677. The minimum Gasteiger partial charge on any atom is -0.320 e. The molecule has 2 nitrogen and oxygen atoms in total. The molecule has 0 amide bonds. The van der Waals surface area contributed by atoms with E-state index in [0.717, 1.165) is 19.3 Å². The maximum Gasteiger partial charge on any atom is 0.128 e. The van der Waals surface area contributed by atoms with Gasteiger partial charge in [-0.25, -0.2) is 4.39 Å². The Balaban J connectivity index is 3.04. The van der Waals surface area contributed by atoms with Crippen LogP contribution < -0.4 is 5.73 Å². The quantitative estimate of drug-likeness (QED) is 0.843. The molecule has 0 aliphatic carbocycles. The molecule has 18 heavy (non-hydrogen) atoms. The molecule has 0 saturated carbocycles. The van der Waals surface area contributed by atoms with Crippen LogP contribution in [0.5, 0.6) is 0 Å². The summed E-state index contributed by atoms with van der Waals surface area (Å²) in [6, 6.07) is 6.95. The van der Waals surface area contributed by atoms with Crippen LogP contribution in [0.3, 0.4) is 0 Å². The van der Waals surface area contributed by atoms with Crippen LogP contribution in [0.1, 0.15) is 38.7 Å². The molecule has 0 aromatic heterocycles. The van der Waals surface area contributed by atoms with Crippen molar-refractivity contribution in [3.8, 4) is 0 Å². The normalized spacial score (nSPS) is 16.6. The first kappa shape index (κ1) is 15.1. The molecule has 2 unspecified atom stereocenters. The van der Waals surface area contributed by atoms with E-state index in [0.29, 0.717) is 5.56 Å². The fourth-order valence-electron chi connectivity index (χ4n) is 2.57. The van der Waals surface area contributed by atoms with E-state index in [2.05, 4.69) is 11.8 Å². The van der Waals surface area contributed by atoms with Crippen molar-refractivity contribution in [3.63, 3.8) is 0 Å². The first-order valence-electron chi connectivity index (χ1n) is 6.61. The number of hydrogen-bond donors (Lipinski definition) is 1. The lowest BCUT2D eigenvalue weighted by Gasteiger charge is -2.39. The summed E-state index contributed by atoms with van der Waals surface area (Å²) < 4.78 is 13.9. The summed E-state index contributed by atoms with van der Waals surface area (Å²) in [6.45, 7) is 4.08. The number of rotatable bonds is 6. The Labute approximate surface area is 110 Å². The summed E-state index contributed by atoms with van der Waals surface area (Å²) in [4.78, 5) is 2.10. The molecule has 0 aliphatic rings. The largest absolute Gasteiger partial charge is 0.320 e. The van der Waals surface area contributed by atoms with E-state index in [1.807, 2.05) is 27.1 Å². The van der Waals surface area contributed by atoms with Gasteiger partial charge in [0.25, 0.3) is 0 Å². The van der Waals surface area contributed by atoms with Crippen molar-refractivity contribution in [2.75, 3.05) is 14.1 Å². The monoisotopic (exact) mass is 252 g/mol. The minimum absolute atomic E-state index is 0.134. The van der Waals surface area contributed by atoms with Crippen LogP contribution in [0.25, 0.3) is 0 Å². The van der Waals surface area contributed by atoms with Crippen molar-refractivity contribution in [2.24, 2.45) is 5.73 Å². The van der Waals surface area contributed by atoms with Crippen LogP contribution in [0, 0.1) is 5.82 Å². The summed E-state index contributed by atoms with van der Waals surface area (Å²) in [5, 5.41) is 0. The van der Waals surface area contributed by atoms with Crippen LogP contribution in [-0.2, 0) is 5.54 Å². The second kappa shape index (κ2) is 6.30. The molecule has 0 bridgehead atoms. The molecule has 0 saturated heterocycles. The maximum absolute atomic E-state index is 13.9. The number of benzene rings is 1. The van der Waals surface area contributed by atoms with Crippen LogP contribution >= 0.6 is 0 Å². The summed E-state index contributed by atoms with van der Waals surface area (Å²) in [7, 11) is 4.01. The van der Waals surface area contributed by atoms with E-state index in [-0.39, 0.29) is 11.9 Å². The second-order valence-electron chi connectivity index (χ2n) is 5.38. The summed E-state index contributed by atoms with van der Waals surface area (Å²) >= 11 is 0. The fraction of sp³-hybridized carbons (Fsp3) is 0.600. The Bertz CT molecular complexity index is 375. The molecular weight excluding hydrogens is 227 g/mol. The number of nitrogens with two attached hydrogens (primary N) is 1. The molecule has 2 atom stereocenters. The van der Waals surface area contributed by atoms with Gasteiger partial charge in [0.1, 0.15) is 5.82 Å². The number of unbranched alkanes of at least 4 members (excludes halogenated alkanes) is 1. The van der Waals surface area contributed by atoms with Gasteiger partial charge in [-0.05, 0) is 33.5 Å². The van der Waals surface area contributed by atoms with Gasteiger partial charge in [0.2, 0.25) is 0 Å². The van der Waals surface area contributed by atoms with Gasteiger partial charge in [-0.1, -0.05) is 38.0 Å². The number of likely N-dealkylation sites (N-methyl/N-ethyl adjacent to an activating group) is 1. The van der Waals surface area contributed by atoms with E-state index < -0.39 is 5.54 Å². The molecule has 1 aromatic carbocycles. The highest BCUT2D eigenvalue weighted by molar-refractivity contribution is 5.27. The van der Waals surface area contributed by atoms with Gasteiger partial charge in [0, 0.05) is 11.6 Å². The molecule has 0 fully saturated rings. The predicted molar refractivity (Wildman–Crippen MR) is 74.9 cm³/mol. The molecule has 0 aliphatic heterocycles. The third kappa shape index (κ3) is 3.30. The van der Waals surface area contributed by atoms with Crippen LogP contribution in [0.4, 0.5) is 4.39 Å². The van der Waals surface area contributed by atoms with Gasteiger partial charge < -0.3 is 10.6 Å². The van der Waals surface area contributed by atoms with Crippen molar-refractivity contribution in [1.82, 2.24) is 4.90 Å². The molecular formula is C15H25FN2. The zero-order chi connectivity index (χ0) is 13.8. The second-order valence-corrected chi connectivity index (χ2v) is 5.38. The fourth-order valence-corrected chi connectivity index (χ4v) is 2.57. The summed E-state index contributed by atoms with van der Waals surface area (Å²) in [6.07, 6.45) is 3.20. The molecule has 2 N–H and O–H groups in total. The van der Waals surface area contributed by atoms with E-state index in [9.17, 15) is 4.39 Å². The molecule has 3 heteroatoms. The predicted octanol–water partition coefficient (Wildman–Crippen LogP) is 3.12. The van der Waals surface area contributed by atoms with Gasteiger partial charge in [-0.15, -0.1) is 0 Å². The third-order valence-corrected chi connectivity index (χ3v) is 3.60. The SMILES string of the molecule is CCCCC(N(C)C)C(C)(N)c1ccccc1F. The smallest absolute Gasteiger partial charge is 0.128 e. The van der Waals surface area contributed by atoms with E-state index in [1.165, 1.54) is 6.07 Å². The Morgan fingerprint density at radius 1 is 1.33 bits per heavy atom. The van der Waals surface area contributed by atoms with Gasteiger partial charge >= 0.3 is 0 Å². The highest BCUT2D eigenvalue weighted by Gasteiger charge is 2.34. The van der Waals surface area contributed by atoms with Crippen LogP contribution in [0.2, 0.25) is 0 Å². The lowest BCUT2D eigenvalue weighted by atomic mass is 9.82. The molecule has 0 radical (unpaired) electrons. The molecule has 1 aromatic rings. The number of nitrogens with zero attached hydrogens (tertiary/aromatic N) is 1. The summed E-state index contributed by atoms with van der Waals surface area (Å²) in [5.41, 5.74) is 6.36. The van der Waals surface area contributed by atoms with Gasteiger partial charge in [-0.3, -0.25) is 0 Å². The van der Waals surface area contributed by atoms with Crippen LogP contribution in [-0.4, -0.2) is 25.0 Å². The van der Waals surface area contributed by atoms with E-state index in [4.69, 9.17) is 5.73 Å². The van der Waals surface area contributed by atoms with E-state index >= 15 is 0 Å². The molecule has 0 spiro atoms. The Morgan fingerprint density at radius 2 is 1.94 bits per heavy atom. The van der Waals surface area contributed by atoms with Crippen molar-refractivity contribution in [3.05, 3.63) is 35.6 Å². The van der Waals surface area contributed by atoms with Crippen molar-refractivity contribution in [1.29, 1.82) is 0 Å². The van der Waals surface area contributed by atoms with Crippen LogP contribution in [0.15, 0.2) is 24.3 Å². The molecule has 1 rings (SSSR count). The first-order valence-corrected chi connectivity index (χ1v) is 6.61. The highest BCUT2D eigenvalue weighted by Crippen LogP contribution is 2.29. The Kier molecular flexibility index (Phi) is 5.29. The van der Waals surface area contributed by atoms with Gasteiger partial charge in [0.05, 0.1) is 5.54 Å². The average Bonchev–Trinajstić information content (AvgIpc) is 2.29. The third-order valence-electron chi connectivity index (χ3n) is 3.60. The number of hydrogen-bond acceptors (Lipinski definition) is 2. The average molecular weight is 252 g/mol. The van der Waals surface area contributed by atoms with Crippen molar-refractivity contribution >= 4 is 0 Å². The van der Waals surface area contributed by atoms with Gasteiger partial charge in [-0.2, -0.15) is 0 Å². The lowest BCUT2D eigenvalue weighted by Crippen LogP contribution is -2.52.